The van der Waals surface area contributed by atoms with Crippen LogP contribution >= 0.6 is 0 Å². The Kier molecular flexibility index (Phi) is 5.24. The number of amides is 4. The van der Waals surface area contributed by atoms with Crippen molar-refractivity contribution in [3.05, 3.63) is 78.4 Å². The summed E-state index contributed by atoms with van der Waals surface area (Å²) >= 11 is 0. The Morgan fingerprint density at radius 2 is 1.84 bits per heavy atom. The summed E-state index contributed by atoms with van der Waals surface area (Å²) in [6.45, 7) is 3.12. The van der Waals surface area contributed by atoms with Crippen LogP contribution in [0.2, 0.25) is 0 Å². The van der Waals surface area contributed by atoms with Gasteiger partial charge in [-0.1, -0.05) is 42.5 Å². The number of hydrogen-bond acceptors (Lipinski definition) is 5. The average Bonchev–Trinajstić information content (AvgIpc) is 3.38. The van der Waals surface area contributed by atoms with E-state index in [1.165, 1.54) is 6.33 Å². The molecule has 158 valence electrons. The van der Waals surface area contributed by atoms with Gasteiger partial charge in [-0.3, -0.25) is 14.5 Å². The van der Waals surface area contributed by atoms with Gasteiger partial charge in [0, 0.05) is 0 Å². The highest BCUT2D eigenvalue weighted by atomic mass is 16.2. The van der Waals surface area contributed by atoms with Crippen molar-refractivity contribution in [1.82, 2.24) is 30.3 Å². The second-order valence-electron chi connectivity index (χ2n) is 7.53. The van der Waals surface area contributed by atoms with Crippen LogP contribution < -0.4 is 10.6 Å². The quantitative estimate of drug-likeness (QED) is 0.595. The van der Waals surface area contributed by atoms with Gasteiger partial charge < -0.3 is 10.6 Å². The lowest BCUT2D eigenvalue weighted by Crippen LogP contribution is -2.43. The number of rotatable bonds is 6. The van der Waals surface area contributed by atoms with E-state index in [2.05, 4.69) is 20.7 Å². The smallest absolute Gasteiger partial charge is 0.325 e. The summed E-state index contributed by atoms with van der Waals surface area (Å²) in [5.41, 5.74) is 1.20. The molecule has 1 fully saturated rings. The molecule has 2 aromatic carbocycles. The van der Waals surface area contributed by atoms with Crippen molar-refractivity contribution in [3.8, 4) is 5.69 Å². The number of nitrogens with zero attached hydrogens (tertiary/aromatic N) is 4. The first kappa shape index (κ1) is 20.3. The summed E-state index contributed by atoms with van der Waals surface area (Å²) < 4.78 is 1.63. The third-order valence-corrected chi connectivity index (χ3v) is 5.38. The normalized spacial score (nSPS) is 19.2. The molecule has 0 spiro atoms. The average molecular weight is 418 g/mol. The standard InChI is InChI=1S/C22H22N6O3/c1-15(16-8-10-18(11-9-16)28-14-23-13-24-28)25-19(29)12-27-20(30)22(2,26-21(27)31)17-6-4-3-5-7-17/h3-11,13-15H,12H2,1-2H3,(H,25,29)(H,26,31)/t15-,22+/m1/s1. The molecule has 0 unspecified atom stereocenters. The minimum atomic E-state index is -1.19. The Balaban J connectivity index is 1.40. The first-order chi connectivity index (χ1) is 14.9. The number of imide groups is 1. The molecule has 9 heteroatoms. The zero-order valence-electron chi connectivity index (χ0n) is 17.1. The van der Waals surface area contributed by atoms with Crippen LogP contribution in [-0.2, 0) is 15.1 Å². The van der Waals surface area contributed by atoms with Gasteiger partial charge in [0.2, 0.25) is 5.91 Å². The van der Waals surface area contributed by atoms with Gasteiger partial charge in [-0.15, -0.1) is 0 Å². The molecule has 2 atom stereocenters. The second-order valence-corrected chi connectivity index (χ2v) is 7.53. The highest BCUT2D eigenvalue weighted by molar-refractivity contribution is 6.09. The van der Waals surface area contributed by atoms with Crippen molar-refractivity contribution >= 4 is 17.8 Å². The van der Waals surface area contributed by atoms with Crippen LogP contribution in [0.4, 0.5) is 4.79 Å². The maximum Gasteiger partial charge on any atom is 0.325 e. The van der Waals surface area contributed by atoms with E-state index in [1.807, 2.05) is 37.3 Å². The molecule has 0 saturated carbocycles. The van der Waals surface area contributed by atoms with Gasteiger partial charge >= 0.3 is 6.03 Å². The first-order valence-corrected chi connectivity index (χ1v) is 9.82. The fourth-order valence-electron chi connectivity index (χ4n) is 3.58. The Labute approximate surface area is 179 Å². The van der Waals surface area contributed by atoms with Crippen molar-refractivity contribution in [2.75, 3.05) is 6.54 Å². The van der Waals surface area contributed by atoms with Gasteiger partial charge in [0.15, 0.2) is 0 Å². The van der Waals surface area contributed by atoms with Crippen LogP contribution in [0.3, 0.4) is 0 Å². The predicted molar refractivity (Wildman–Crippen MR) is 112 cm³/mol. The van der Waals surface area contributed by atoms with Gasteiger partial charge in [-0.25, -0.2) is 14.5 Å². The lowest BCUT2D eigenvalue weighted by atomic mass is 9.92. The summed E-state index contributed by atoms with van der Waals surface area (Å²) in [6.07, 6.45) is 3.05. The van der Waals surface area contributed by atoms with Gasteiger partial charge in [0.25, 0.3) is 5.91 Å². The summed E-state index contributed by atoms with van der Waals surface area (Å²) in [7, 11) is 0. The molecule has 1 saturated heterocycles. The lowest BCUT2D eigenvalue weighted by Gasteiger charge is -2.22. The topological polar surface area (TPSA) is 109 Å². The maximum absolute atomic E-state index is 12.9. The number of hydrogen-bond donors (Lipinski definition) is 2. The van der Waals surface area contributed by atoms with E-state index in [4.69, 9.17) is 0 Å². The molecule has 2 heterocycles. The van der Waals surface area contributed by atoms with Crippen LogP contribution in [0.15, 0.2) is 67.3 Å². The number of carbonyl (C=O) groups excluding carboxylic acids is 3. The van der Waals surface area contributed by atoms with Gasteiger partial charge in [-0.2, -0.15) is 5.10 Å². The molecule has 0 bridgehead atoms. The van der Waals surface area contributed by atoms with Gasteiger partial charge in [-0.05, 0) is 37.1 Å². The maximum atomic E-state index is 12.9. The Hall–Kier alpha value is -4.01. The molecular weight excluding hydrogens is 396 g/mol. The van der Waals surface area contributed by atoms with E-state index in [9.17, 15) is 14.4 Å². The monoisotopic (exact) mass is 418 g/mol. The summed E-state index contributed by atoms with van der Waals surface area (Å²) in [5, 5.41) is 9.61. The second kappa shape index (κ2) is 8.02. The van der Waals surface area contributed by atoms with Crippen LogP contribution in [0.25, 0.3) is 5.69 Å². The molecule has 4 amide bonds. The largest absolute Gasteiger partial charge is 0.348 e. The summed E-state index contributed by atoms with van der Waals surface area (Å²) in [4.78, 5) is 42.8. The molecule has 31 heavy (non-hydrogen) atoms. The highest BCUT2D eigenvalue weighted by Gasteiger charge is 2.49. The molecule has 2 N–H and O–H groups in total. The zero-order chi connectivity index (χ0) is 22.0. The SMILES string of the molecule is C[C@@H](NC(=O)CN1C(=O)N[C@@](C)(c2ccccc2)C1=O)c1ccc(-n2cncn2)cc1. The Morgan fingerprint density at radius 1 is 1.13 bits per heavy atom. The minimum Gasteiger partial charge on any atom is -0.348 e. The van der Waals surface area contributed by atoms with E-state index in [0.717, 1.165) is 16.2 Å². The van der Waals surface area contributed by atoms with E-state index < -0.39 is 23.4 Å². The van der Waals surface area contributed by atoms with Crippen molar-refractivity contribution in [1.29, 1.82) is 0 Å². The van der Waals surface area contributed by atoms with Crippen LogP contribution in [0.1, 0.15) is 31.0 Å². The number of aromatic nitrogens is 3. The van der Waals surface area contributed by atoms with Crippen molar-refractivity contribution in [3.63, 3.8) is 0 Å². The minimum absolute atomic E-state index is 0.307. The number of benzene rings is 2. The van der Waals surface area contributed by atoms with Crippen LogP contribution in [0, 0.1) is 0 Å². The van der Waals surface area contributed by atoms with Crippen molar-refractivity contribution < 1.29 is 14.4 Å². The molecule has 0 radical (unpaired) electrons. The van der Waals surface area contributed by atoms with E-state index >= 15 is 0 Å². The van der Waals surface area contributed by atoms with Crippen molar-refractivity contribution in [2.45, 2.75) is 25.4 Å². The number of carbonyl (C=O) groups is 3. The zero-order valence-corrected chi connectivity index (χ0v) is 17.1. The fourth-order valence-corrected chi connectivity index (χ4v) is 3.58. The van der Waals surface area contributed by atoms with Crippen LogP contribution in [-0.4, -0.2) is 44.1 Å². The molecule has 4 rings (SSSR count). The highest BCUT2D eigenvalue weighted by Crippen LogP contribution is 2.28. The third-order valence-electron chi connectivity index (χ3n) is 5.38. The molecule has 1 aliphatic rings. The van der Waals surface area contributed by atoms with E-state index in [1.54, 1.807) is 42.2 Å². The molecule has 3 aromatic rings. The molecule has 0 aliphatic carbocycles. The summed E-state index contributed by atoms with van der Waals surface area (Å²) in [5.74, 6) is -0.877. The van der Waals surface area contributed by atoms with Crippen molar-refractivity contribution in [2.24, 2.45) is 0 Å². The Morgan fingerprint density at radius 3 is 2.48 bits per heavy atom. The number of urea groups is 1. The number of nitrogens with one attached hydrogen (secondary N) is 2. The molecule has 9 nitrogen and oxygen atoms in total. The van der Waals surface area contributed by atoms with Crippen LogP contribution in [0.5, 0.6) is 0 Å². The Bertz CT molecular complexity index is 1100. The fraction of sp³-hybridized carbons (Fsp3) is 0.227. The first-order valence-electron chi connectivity index (χ1n) is 9.82. The molecule has 1 aromatic heterocycles. The van der Waals surface area contributed by atoms with E-state index in [-0.39, 0.29) is 12.6 Å². The lowest BCUT2D eigenvalue weighted by molar-refractivity contribution is -0.135. The summed E-state index contributed by atoms with van der Waals surface area (Å²) in [6, 6.07) is 15.6. The van der Waals surface area contributed by atoms with E-state index in [0.29, 0.717) is 5.56 Å². The van der Waals surface area contributed by atoms with Gasteiger partial charge in [0.05, 0.1) is 11.7 Å². The molecular formula is C22H22N6O3. The third kappa shape index (κ3) is 3.89. The predicted octanol–water partition coefficient (Wildman–Crippen LogP) is 1.91. The molecule has 1 aliphatic heterocycles. The van der Waals surface area contributed by atoms with Gasteiger partial charge in [0.1, 0.15) is 24.7 Å².